The summed E-state index contributed by atoms with van der Waals surface area (Å²) in [5, 5.41) is 0. The first kappa shape index (κ1) is 29.8. The zero-order chi connectivity index (χ0) is 23.9. The molecule has 0 aromatic heterocycles. The number of hydrogen-bond donors (Lipinski definition) is 3. The molecule has 30 heavy (non-hydrogen) atoms. The van der Waals surface area contributed by atoms with E-state index >= 15 is 0 Å². The molecule has 0 aromatic rings. The summed E-state index contributed by atoms with van der Waals surface area (Å²) in [4.78, 5) is 0. The molecule has 0 saturated carbocycles. The predicted octanol–water partition coefficient (Wildman–Crippen LogP) is 3.98. The predicted molar refractivity (Wildman–Crippen MR) is 128 cm³/mol. The molecule has 0 aromatic carbocycles. The van der Waals surface area contributed by atoms with E-state index in [0.717, 1.165) is 25.7 Å². The van der Waals surface area contributed by atoms with Gasteiger partial charge in [-0.2, -0.15) is 0 Å². The van der Waals surface area contributed by atoms with E-state index in [0.29, 0.717) is 26.4 Å². The van der Waals surface area contributed by atoms with E-state index in [2.05, 4.69) is 41.5 Å². The van der Waals surface area contributed by atoms with E-state index in [-0.39, 0.29) is 33.8 Å². The Morgan fingerprint density at radius 3 is 1.53 bits per heavy atom. The Morgan fingerprint density at radius 2 is 1.10 bits per heavy atom. The van der Waals surface area contributed by atoms with Crippen molar-refractivity contribution >= 4 is 0 Å². The zero-order valence-corrected chi connectivity index (χ0v) is 21.7. The van der Waals surface area contributed by atoms with Crippen molar-refractivity contribution in [3.05, 3.63) is 0 Å². The minimum atomic E-state index is -0.329. The highest BCUT2D eigenvalue weighted by atomic mass is 16.5. The summed E-state index contributed by atoms with van der Waals surface area (Å²) < 4.78 is 18.8. The Kier molecular flexibility index (Phi) is 11.5. The molecule has 0 aliphatic heterocycles. The molecule has 0 rings (SSSR count). The van der Waals surface area contributed by atoms with Gasteiger partial charge in [-0.1, -0.05) is 13.8 Å². The van der Waals surface area contributed by atoms with Crippen LogP contribution in [0.25, 0.3) is 0 Å². The molecule has 0 bridgehead atoms. The largest absolute Gasteiger partial charge is 0.378 e. The highest BCUT2D eigenvalue weighted by Gasteiger charge is 2.32. The molecular formula is C24H53N3O3. The van der Waals surface area contributed by atoms with Gasteiger partial charge in [0.2, 0.25) is 0 Å². The van der Waals surface area contributed by atoms with E-state index in [9.17, 15) is 0 Å². The van der Waals surface area contributed by atoms with Gasteiger partial charge in [-0.3, -0.25) is 0 Å². The zero-order valence-electron chi connectivity index (χ0n) is 21.7. The Labute approximate surface area is 186 Å². The lowest BCUT2D eigenvalue weighted by molar-refractivity contribution is -0.112. The second-order valence-corrected chi connectivity index (χ2v) is 12.4. The fourth-order valence-electron chi connectivity index (χ4n) is 2.93. The van der Waals surface area contributed by atoms with E-state index in [4.69, 9.17) is 31.4 Å². The van der Waals surface area contributed by atoms with Gasteiger partial charge in [-0.05, 0) is 74.8 Å². The molecule has 1 atom stereocenters. The number of hydrogen-bond acceptors (Lipinski definition) is 6. The molecule has 0 fully saturated rings. The maximum atomic E-state index is 6.31. The molecule has 6 nitrogen and oxygen atoms in total. The quantitative estimate of drug-likeness (QED) is 0.341. The highest BCUT2D eigenvalue weighted by molar-refractivity contribution is 4.83. The fourth-order valence-corrected chi connectivity index (χ4v) is 2.93. The Morgan fingerprint density at radius 1 is 0.667 bits per heavy atom. The van der Waals surface area contributed by atoms with Gasteiger partial charge in [-0.15, -0.1) is 0 Å². The first-order valence-electron chi connectivity index (χ1n) is 11.4. The van der Waals surface area contributed by atoms with Crippen molar-refractivity contribution in [3.63, 3.8) is 0 Å². The van der Waals surface area contributed by atoms with Gasteiger partial charge in [0.25, 0.3) is 0 Å². The molecule has 6 N–H and O–H groups in total. The molecule has 0 amide bonds. The van der Waals surface area contributed by atoms with Gasteiger partial charge >= 0.3 is 0 Å². The van der Waals surface area contributed by atoms with Crippen LogP contribution in [0.5, 0.6) is 0 Å². The maximum Gasteiger partial charge on any atom is 0.0651 e. The number of nitrogens with two attached hydrogens (primary N) is 3. The molecule has 182 valence electrons. The summed E-state index contributed by atoms with van der Waals surface area (Å²) in [6, 6.07) is 0. The van der Waals surface area contributed by atoms with Gasteiger partial charge in [0, 0.05) is 42.5 Å². The lowest BCUT2D eigenvalue weighted by Gasteiger charge is -2.37. The van der Waals surface area contributed by atoms with E-state index in [1.54, 1.807) is 0 Å². The molecule has 0 spiro atoms. The second kappa shape index (κ2) is 11.6. The van der Waals surface area contributed by atoms with Crippen LogP contribution in [0.15, 0.2) is 0 Å². The third-order valence-corrected chi connectivity index (χ3v) is 5.18. The van der Waals surface area contributed by atoms with Crippen LogP contribution in [0, 0.1) is 5.41 Å². The summed E-state index contributed by atoms with van der Waals surface area (Å²) in [5.74, 6) is 0. The summed E-state index contributed by atoms with van der Waals surface area (Å²) >= 11 is 0. The van der Waals surface area contributed by atoms with Crippen molar-refractivity contribution < 1.29 is 14.2 Å². The SMILES string of the molecule is CC(C)(N)CCOC(CC(C)(C)OCCC(C)(C)N)CC(C)(C)OCC(C)(C)CN. The minimum Gasteiger partial charge on any atom is -0.378 e. The van der Waals surface area contributed by atoms with Crippen LogP contribution in [-0.4, -0.2) is 54.7 Å². The molecule has 0 aliphatic rings. The minimum absolute atomic E-state index is 0.00391. The topological polar surface area (TPSA) is 106 Å². The molecule has 0 aliphatic carbocycles. The molecule has 0 heterocycles. The third kappa shape index (κ3) is 16.5. The van der Waals surface area contributed by atoms with E-state index < -0.39 is 0 Å². The lowest BCUT2D eigenvalue weighted by Crippen LogP contribution is -2.41. The highest BCUT2D eigenvalue weighted by Crippen LogP contribution is 2.29. The van der Waals surface area contributed by atoms with Gasteiger partial charge in [0.1, 0.15) is 0 Å². The van der Waals surface area contributed by atoms with Gasteiger partial charge in [-0.25, -0.2) is 0 Å². The summed E-state index contributed by atoms with van der Waals surface area (Å²) in [6.07, 6.45) is 3.16. The van der Waals surface area contributed by atoms with Gasteiger partial charge in [0.15, 0.2) is 0 Å². The Hall–Kier alpha value is -0.240. The molecule has 6 heteroatoms. The van der Waals surface area contributed by atoms with Crippen LogP contribution in [0.1, 0.15) is 94.9 Å². The molecular weight excluding hydrogens is 378 g/mol. The van der Waals surface area contributed by atoms with Crippen LogP contribution in [-0.2, 0) is 14.2 Å². The second-order valence-electron chi connectivity index (χ2n) is 12.4. The van der Waals surface area contributed by atoms with Crippen molar-refractivity contribution in [2.75, 3.05) is 26.4 Å². The van der Waals surface area contributed by atoms with Crippen LogP contribution in [0.4, 0.5) is 0 Å². The number of rotatable bonds is 16. The normalized spacial score (nSPS) is 15.5. The van der Waals surface area contributed by atoms with E-state index in [1.807, 2.05) is 27.7 Å². The van der Waals surface area contributed by atoms with Gasteiger partial charge in [0.05, 0.1) is 23.9 Å². The standard InChI is InChI=1S/C24H53N3O3/c1-20(2,17-25)18-30-24(9,10)16-19(28-13-11-21(3,4)26)15-23(7,8)29-14-12-22(5,6)27/h19H,11-18,25-27H2,1-10H3. The van der Waals surface area contributed by atoms with Crippen molar-refractivity contribution in [2.45, 2.75) is 123 Å². The van der Waals surface area contributed by atoms with Crippen molar-refractivity contribution in [1.82, 2.24) is 0 Å². The van der Waals surface area contributed by atoms with Gasteiger partial charge < -0.3 is 31.4 Å². The maximum absolute atomic E-state index is 6.31. The third-order valence-electron chi connectivity index (χ3n) is 5.18. The monoisotopic (exact) mass is 431 g/mol. The Bertz CT molecular complexity index is 477. The fraction of sp³-hybridized carbons (Fsp3) is 1.00. The summed E-state index contributed by atoms with van der Waals surface area (Å²) in [6.45, 7) is 23.2. The first-order chi connectivity index (χ1) is 13.3. The number of ether oxygens (including phenoxy) is 3. The average Bonchev–Trinajstić information content (AvgIpc) is 2.49. The Balaban J connectivity index is 5.03. The smallest absolute Gasteiger partial charge is 0.0651 e. The van der Waals surface area contributed by atoms with Crippen molar-refractivity contribution in [3.8, 4) is 0 Å². The first-order valence-corrected chi connectivity index (χ1v) is 11.4. The van der Waals surface area contributed by atoms with Crippen molar-refractivity contribution in [1.29, 1.82) is 0 Å². The van der Waals surface area contributed by atoms with Crippen LogP contribution in [0.2, 0.25) is 0 Å². The van der Waals surface area contributed by atoms with Crippen molar-refractivity contribution in [2.24, 2.45) is 22.6 Å². The van der Waals surface area contributed by atoms with Crippen LogP contribution < -0.4 is 17.2 Å². The lowest BCUT2D eigenvalue weighted by atomic mass is 9.90. The van der Waals surface area contributed by atoms with E-state index in [1.165, 1.54) is 0 Å². The van der Waals surface area contributed by atoms with Crippen LogP contribution in [0.3, 0.4) is 0 Å². The van der Waals surface area contributed by atoms with Crippen LogP contribution >= 0.6 is 0 Å². The molecule has 0 saturated heterocycles. The average molecular weight is 432 g/mol. The summed E-state index contributed by atoms with van der Waals surface area (Å²) in [5.41, 5.74) is 16.9. The molecule has 1 unspecified atom stereocenters. The molecule has 0 radical (unpaired) electrons. The summed E-state index contributed by atoms with van der Waals surface area (Å²) in [7, 11) is 0.